The second-order valence-corrected chi connectivity index (χ2v) is 6.90. The molecule has 0 aliphatic heterocycles. The molecule has 1 aromatic heterocycles. The van der Waals surface area contributed by atoms with Crippen LogP contribution in [0.15, 0.2) is 48.7 Å². The molecule has 3 rings (SSSR count). The molecule has 1 atom stereocenters. The quantitative estimate of drug-likeness (QED) is 0.296. The van der Waals surface area contributed by atoms with Gasteiger partial charge in [0.1, 0.15) is 0 Å². The van der Waals surface area contributed by atoms with E-state index in [1.165, 1.54) is 30.3 Å². The molecule has 0 spiro atoms. The third kappa shape index (κ3) is 4.75. The molecular weight excluding hydrogens is 388 g/mol. The van der Waals surface area contributed by atoms with Gasteiger partial charge in [-0.3, -0.25) is 29.5 Å². The summed E-state index contributed by atoms with van der Waals surface area (Å²) < 4.78 is 0. The SMILES string of the molecule is CC(CCCNC(=O)c1ccc([N+](=O)[O-])cc1)NC1=CC(=O)C(=O)c2cccnc21. The van der Waals surface area contributed by atoms with E-state index in [0.29, 0.717) is 36.3 Å². The first-order chi connectivity index (χ1) is 14.4. The van der Waals surface area contributed by atoms with Gasteiger partial charge in [-0.2, -0.15) is 0 Å². The number of allylic oxidation sites excluding steroid dienone is 1. The number of nitrogens with zero attached hydrogens (tertiary/aromatic N) is 2. The highest BCUT2D eigenvalue weighted by molar-refractivity contribution is 6.50. The second kappa shape index (κ2) is 9.08. The molecule has 2 N–H and O–H groups in total. The monoisotopic (exact) mass is 408 g/mol. The van der Waals surface area contributed by atoms with Crippen LogP contribution in [-0.4, -0.2) is 40.0 Å². The topological polar surface area (TPSA) is 131 Å². The van der Waals surface area contributed by atoms with Crippen LogP contribution in [-0.2, 0) is 4.79 Å². The van der Waals surface area contributed by atoms with E-state index in [9.17, 15) is 24.5 Å². The van der Waals surface area contributed by atoms with Crippen LogP contribution >= 0.6 is 0 Å². The van der Waals surface area contributed by atoms with E-state index in [4.69, 9.17) is 0 Å². The first-order valence-electron chi connectivity index (χ1n) is 9.41. The average molecular weight is 408 g/mol. The van der Waals surface area contributed by atoms with Crippen LogP contribution in [0, 0.1) is 10.1 Å². The predicted octanol–water partition coefficient (Wildman–Crippen LogP) is 2.28. The Labute approximate surface area is 172 Å². The second-order valence-electron chi connectivity index (χ2n) is 6.90. The maximum absolute atomic E-state index is 12.1. The van der Waals surface area contributed by atoms with Crippen LogP contribution in [0.3, 0.4) is 0 Å². The summed E-state index contributed by atoms with van der Waals surface area (Å²) in [6.07, 6.45) is 4.20. The van der Waals surface area contributed by atoms with Crippen LogP contribution in [0.1, 0.15) is 46.2 Å². The Morgan fingerprint density at radius 3 is 2.63 bits per heavy atom. The number of pyridine rings is 1. The summed E-state index contributed by atoms with van der Waals surface area (Å²) in [6.45, 7) is 2.36. The largest absolute Gasteiger partial charge is 0.381 e. The molecule has 1 aromatic carbocycles. The highest BCUT2D eigenvalue weighted by Crippen LogP contribution is 2.21. The van der Waals surface area contributed by atoms with Crippen molar-refractivity contribution in [1.29, 1.82) is 0 Å². The molecule has 0 saturated carbocycles. The molecule has 0 saturated heterocycles. The molecule has 0 fully saturated rings. The van der Waals surface area contributed by atoms with Crippen LogP contribution < -0.4 is 10.6 Å². The lowest BCUT2D eigenvalue weighted by Gasteiger charge is -2.21. The molecule has 154 valence electrons. The van der Waals surface area contributed by atoms with Gasteiger partial charge in [-0.05, 0) is 44.0 Å². The minimum atomic E-state index is -0.583. The normalized spacial score (nSPS) is 13.8. The van der Waals surface area contributed by atoms with Crippen molar-refractivity contribution >= 4 is 28.9 Å². The lowest BCUT2D eigenvalue weighted by Crippen LogP contribution is -2.31. The summed E-state index contributed by atoms with van der Waals surface area (Å²) >= 11 is 0. The van der Waals surface area contributed by atoms with E-state index >= 15 is 0 Å². The number of aromatic nitrogens is 1. The Morgan fingerprint density at radius 1 is 1.20 bits per heavy atom. The fourth-order valence-electron chi connectivity index (χ4n) is 3.10. The number of carbonyl (C=O) groups excluding carboxylic acids is 3. The third-order valence-corrected chi connectivity index (χ3v) is 4.65. The van der Waals surface area contributed by atoms with Gasteiger partial charge in [-0.1, -0.05) is 0 Å². The number of nitro groups is 1. The van der Waals surface area contributed by atoms with Crippen LogP contribution in [0.25, 0.3) is 5.70 Å². The number of Topliss-reactive ketones (excluding diaryl/α,β-unsaturated/α-hetero) is 1. The molecule has 1 amide bonds. The summed E-state index contributed by atoms with van der Waals surface area (Å²) in [5.74, 6) is -1.45. The first-order valence-corrected chi connectivity index (χ1v) is 9.41. The number of ketones is 2. The lowest BCUT2D eigenvalue weighted by molar-refractivity contribution is -0.384. The smallest absolute Gasteiger partial charge is 0.269 e. The number of nitrogens with one attached hydrogen (secondary N) is 2. The van der Waals surface area contributed by atoms with Gasteiger partial charge in [-0.25, -0.2) is 0 Å². The molecule has 0 radical (unpaired) electrons. The minimum Gasteiger partial charge on any atom is -0.381 e. The van der Waals surface area contributed by atoms with Gasteiger partial charge in [0.2, 0.25) is 11.6 Å². The molecule has 1 aliphatic carbocycles. The van der Waals surface area contributed by atoms with Crippen LogP contribution in [0.5, 0.6) is 0 Å². The average Bonchev–Trinajstić information content (AvgIpc) is 2.74. The molecule has 9 heteroatoms. The number of benzene rings is 1. The van der Waals surface area contributed by atoms with Crippen molar-refractivity contribution in [2.24, 2.45) is 0 Å². The molecule has 0 bridgehead atoms. The molecular formula is C21H20N4O5. The fraction of sp³-hybridized carbons (Fsp3) is 0.238. The fourth-order valence-corrected chi connectivity index (χ4v) is 3.10. The van der Waals surface area contributed by atoms with Crippen molar-refractivity contribution < 1.29 is 19.3 Å². The van der Waals surface area contributed by atoms with Crippen molar-refractivity contribution in [3.05, 3.63) is 75.6 Å². The third-order valence-electron chi connectivity index (χ3n) is 4.65. The Hall–Kier alpha value is -3.88. The number of nitro benzene ring substituents is 1. The predicted molar refractivity (Wildman–Crippen MR) is 109 cm³/mol. The molecule has 9 nitrogen and oxygen atoms in total. The minimum absolute atomic E-state index is 0.0246. The Kier molecular flexibility index (Phi) is 6.31. The van der Waals surface area contributed by atoms with Gasteiger partial charge in [0, 0.05) is 42.6 Å². The van der Waals surface area contributed by atoms with Crippen molar-refractivity contribution in [2.45, 2.75) is 25.8 Å². The Balaban J connectivity index is 1.48. The van der Waals surface area contributed by atoms with E-state index < -0.39 is 16.5 Å². The van der Waals surface area contributed by atoms with Crippen LogP contribution in [0.2, 0.25) is 0 Å². The zero-order chi connectivity index (χ0) is 21.7. The van der Waals surface area contributed by atoms with Gasteiger partial charge in [0.25, 0.3) is 11.6 Å². The van der Waals surface area contributed by atoms with Gasteiger partial charge >= 0.3 is 0 Å². The number of non-ortho nitro benzene ring substituents is 1. The Bertz CT molecular complexity index is 1030. The molecule has 1 heterocycles. The van der Waals surface area contributed by atoms with Gasteiger partial charge in [-0.15, -0.1) is 0 Å². The van der Waals surface area contributed by atoms with E-state index in [0.717, 1.165) is 0 Å². The maximum atomic E-state index is 12.1. The first kappa shape index (κ1) is 20.8. The zero-order valence-electron chi connectivity index (χ0n) is 16.3. The number of amides is 1. The van der Waals surface area contributed by atoms with Crippen molar-refractivity contribution in [3.63, 3.8) is 0 Å². The molecule has 1 aliphatic rings. The number of rotatable bonds is 8. The van der Waals surface area contributed by atoms with E-state index in [2.05, 4.69) is 15.6 Å². The summed E-state index contributed by atoms with van der Waals surface area (Å²) in [6, 6.07) is 8.57. The highest BCUT2D eigenvalue weighted by Gasteiger charge is 2.27. The highest BCUT2D eigenvalue weighted by atomic mass is 16.6. The van der Waals surface area contributed by atoms with Crippen molar-refractivity contribution in [2.75, 3.05) is 6.54 Å². The van der Waals surface area contributed by atoms with E-state index in [1.807, 2.05) is 6.92 Å². The Morgan fingerprint density at radius 2 is 1.93 bits per heavy atom. The summed E-state index contributed by atoms with van der Waals surface area (Å²) in [5, 5.41) is 16.6. The molecule has 30 heavy (non-hydrogen) atoms. The molecule has 2 aromatic rings. The van der Waals surface area contributed by atoms with Gasteiger partial charge in [0.05, 0.1) is 21.9 Å². The maximum Gasteiger partial charge on any atom is 0.269 e. The number of carbonyl (C=O) groups is 3. The summed E-state index contributed by atoms with van der Waals surface area (Å²) in [4.78, 5) is 50.3. The number of hydrogen-bond acceptors (Lipinski definition) is 7. The van der Waals surface area contributed by atoms with E-state index in [1.54, 1.807) is 18.3 Å². The summed E-state index contributed by atoms with van der Waals surface area (Å²) in [5.41, 5.74) is 1.54. The van der Waals surface area contributed by atoms with Crippen LogP contribution in [0.4, 0.5) is 5.69 Å². The lowest BCUT2D eigenvalue weighted by atomic mass is 9.96. The van der Waals surface area contributed by atoms with Crippen molar-refractivity contribution in [3.8, 4) is 0 Å². The number of hydrogen-bond donors (Lipinski definition) is 2. The van der Waals surface area contributed by atoms with Gasteiger partial charge in [0.15, 0.2) is 0 Å². The van der Waals surface area contributed by atoms with Gasteiger partial charge < -0.3 is 10.6 Å². The van der Waals surface area contributed by atoms with Crippen molar-refractivity contribution in [1.82, 2.24) is 15.6 Å². The zero-order valence-corrected chi connectivity index (χ0v) is 16.3. The summed E-state index contributed by atoms with van der Waals surface area (Å²) in [7, 11) is 0. The molecule has 1 unspecified atom stereocenters. The van der Waals surface area contributed by atoms with E-state index in [-0.39, 0.29) is 23.2 Å². The standard InChI is InChI=1S/C21H20N4O5/c1-13(24-17-12-18(26)20(27)16-5-3-10-22-19(16)17)4-2-11-23-21(28)14-6-8-15(9-7-14)25(29)30/h3,5-10,12-13,24H,2,4,11H2,1H3,(H,23,28). The number of fused-ring (bicyclic) bond motifs is 1.